The zero-order valence-corrected chi connectivity index (χ0v) is 12.3. The highest BCUT2D eigenvalue weighted by Crippen LogP contribution is 2.28. The first-order chi connectivity index (χ1) is 9.94. The number of imidazole rings is 1. The molecule has 1 amide bonds. The van der Waals surface area contributed by atoms with Gasteiger partial charge in [0.15, 0.2) is 0 Å². The van der Waals surface area contributed by atoms with Gasteiger partial charge in [-0.05, 0) is 24.1 Å². The lowest BCUT2D eigenvalue weighted by atomic mass is 9.87. The van der Waals surface area contributed by atoms with Crippen LogP contribution in [-0.4, -0.2) is 48.1 Å². The number of hydrogen-bond acceptors (Lipinski definition) is 3. The van der Waals surface area contributed by atoms with E-state index in [1.807, 2.05) is 29.7 Å². The molecule has 3 heterocycles. The number of rotatable bonds is 1. The summed E-state index contributed by atoms with van der Waals surface area (Å²) in [6, 6.07) is 3.85. The Balaban J connectivity index is 2.07. The van der Waals surface area contributed by atoms with Crippen molar-refractivity contribution < 1.29 is 4.79 Å². The lowest BCUT2D eigenvalue weighted by Crippen LogP contribution is -2.58. The van der Waals surface area contributed by atoms with E-state index >= 15 is 0 Å². The highest BCUT2D eigenvalue weighted by atomic mass is 16.2. The fraction of sp³-hybridized carbons (Fsp3) is 0.357. The van der Waals surface area contributed by atoms with Crippen LogP contribution in [0.1, 0.15) is 18.9 Å². The Hall–Kier alpha value is -2.31. The highest BCUT2D eigenvalue weighted by Gasteiger charge is 2.38. The molecule has 1 atom stereocenters. The second-order valence-corrected chi connectivity index (χ2v) is 5.46. The molecule has 2 radical (unpaired) electrons. The van der Waals surface area contributed by atoms with Gasteiger partial charge >= 0.3 is 0 Å². The Morgan fingerprint density at radius 3 is 2.95 bits per heavy atom. The van der Waals surface area contributed by atoms with E-state index in [0.29, 0.717) is 18.0 Å². The summed E-state index contributed by atoms with van der Waals surface area (Å²) in [6.07, 6.45) is 3.88. The van der Waals surface area contributed by atoms with Crippen LogP contribution in [0.15, 0.2) is 29.5 Å². The number of nitrogens with one attached hydrogen (secondary N) is 1. The Kier molecular flexibility index (Phi) is 3.00. The first kappa shape index (κ1) is 13.7. The number of pyridine rings is 1. The van der Waals surface area contributed by atoms with Gasteiger partial charge < -0.3 is 9.72 Å². The first-order valence-corrected chi connectivity index (χ1v) is 6.69. The number of fused-ring (bicyclic) bond motifs is 1. The summed E-state index contributed by atoms with van der Waals surface area (Å²) < 4.78 is 1.81. The monoisotopic (exact) mass is 281 g/mol. The van der Waals surface area contributed by atoms with Gasteiger partial charge in [-0.25, -0.2) is 4.98 Å². The predicted octanol–water partition coefficient (Wildman–Crippen LogP) is -0.219. The van der Waals surface area contributed by atoms with Crippen molar-refractivity contribution in [3.8, 4) is 0 Å². The fourth-order valence-electron chi connectivity index (χ4n) is 2.62. The van der Waals surface area contributed by atoms with Crippen molar-refractivity contribution in [2.75, 3.05) is 14.1 Å². The minimum atomic E-state index is -0.524. The smallest absolute Gasteiger partial charge is 0.231 e. The minimum absolute atomic E-state index is 0.0237. The molecular formula is C14H16BN5O. The van der Waals surface area contributed by atoms with Crippen LogP contribution in [0, 0.1) is 0 Å². The number of aliphatic imine (C=N–C) groups is 1. The van der Waals surface area contributed by atoms with Crippen LogP contribution in [-0.2, 0) is 10.3 Å². The lowest BCUT2D eigenvalue weighted by molar-refractivity contribution is -0.129. The predicted molar refractivity (Wildman–Crippen MR) is 81.8 cm³/mol. The van der Waals surface area contributed by atoms with Crippen LogP contribution in [0.4, 0.5) is 0 Å². The molecule has 0 saturated carbocycles. The van der Waals surface area contributed by atoms with Crippen molar-refractivity contribution in [1.29, 1.82) is 0 Å². The fourth-order valence-corrected chi connectivity index (χ4v) is 2.62. The highest BCUT2D eigenvalue weighted by molar-refractivity contribution is 6.31. The lowest BCUT2D eigenvalue weighted by Gasteiger charge is -2.40. The zero-order chi connectivity index (χ0) is 15.2. The average Bonchev–Trinajstić information content (AvgIpc) is 2.84. The van der Waals surface area contributed by atoms with Crippen molar-refractivity contribution in [3.05, 3.63) is 30.1 Å². The van der Waals surface area contributed by atoms with Gasteiger partial charge in [-0.2, -0.15) is 0 Å². The van der Waals surface area contributed by atoms with Crippen molar-refractivity contribution >= 4 is 31.0 Å². The summed E-state index contributed by atoms with van der Waals surface area (Å²) in [4.78, 5) is 22.1. The molecule has 1 fully saturated rings. The summed E-state index contributed by atoms with van der Waals surface area (Å²) in [6.45, 7) is 1.98. The first-order valence-electron chi connectivity index (χ1n) is 6.69. The number of carbonyl (C=O) groups is 1. The van der Waals surface area contributed by atoms with Crippen molar-refractivity contribution in [3.63, 3.8) is 0 Å². The minimum Gasteiger partial charge on any atom is -0.346 e. The maximum atomic E-state index is 12.2. The van der Waals surface area contributed by atoms with Crippen LogP contribution < -0.4 is 10.9 Å². The molecule has 7 heteroatoms. The molecule has 2 aromatic rings. The normalized spacial score (nSPS) is 24.6. The molecule has 0 aromatic carbocycles. The largest absolute Gasteiger partial charge is 0.346 e. The van der Waals surface area contributed by atoms with Crippen molar-refractivity contribution in [2.45, 2.75) is 18.9 Å². The molecule has 21 heavy (non-hydrogen) atoms. The molecule has 3 rings (SSSR count). The maximum Gasteiger partial charge on any atom is 0.231 e. The maximum absolute atomic E-state index is 12.2. The zero-order valence-electron chi connectivity index (χ0n) is 12.3. The van der Waals surface area contributed by atoms with Crippen LogP contribution in [0.25, 0.3) is 5.65 Å². The van der Waals surface area contributed by atoms with Gasteiger partial charge in [0, 0.05) is 26.5 Å². The van der Waals surface area contributed by atoms with E-state index in [1.54, 1.807) is 20.3 Å². The SMILES string of the molecule is [B]c1cnc2ccc([C@]3(C)CC(=O)N(C)C(=NC)N3)cn12. The van der Waals surface area contributed by atoms with E-state index < -0.39 is 5.54 Å². The summed E-state index contributed by atoms with van der Waals surface area (Å²) >= 11 is 0. The van der Waals surface area contributed by atoms with Crippen molar-refractivity contribution in [2.24, 2.45) is 4.99 Å². The van der Waals surface area contributed by atoms with Gasteiger partial charge in [-0.15, -0.1) is 0 Å². The quantitative estimate of drug-likeness (QED) is 0.735. The van der Waals surface area contributed by atoms with Crippen LogP contribution in [0.3, 0.4) is 0 Å². The van der Waals surface area contributed by atoms with Crippen molar-refractivity contribution in [1.82, 2.24) is 19.6 Å². The third-order valence-corrected chi connectivity index (χ3v) is 3.97. The molecule has 106 valence electrons. The standard InChI is InChI=1S/C14H16BN5O/c1-14(6-12(21)19(3)13(16-2)18-14)9-4-5-11-17-7-10(15)20(11)8-9/h4-5,7-8H,6H2,1-3H3,(H,16,18)/t14-/m0/s1. The van der Waals surface area contributed by atoms with E-state index in [-0.39, 0.29) is 5.91 Å². The topological polar surface area (TPSA) is 62.0 Å². The Morgan fingerprint density at radius 1 is 1.48 bits per heavy atom. The van der Waals surface area contributed by atoms with E-state index in [1.165, 1.54) is 4.90 Å². The second kappa shape index (κ2) is 4.61. The third-order valence-electron chi connectivity index (χ3n) is 3.97. The van der Waals surface area contributed by atoms with Crippen LogP contribution in [0.2, 0.25) is 0 Å². The summed E-state index contributed by atoms with van der Waals surface area (Å²) in [5.41, 5.74) is 1.79. The molecule has 1 saturated heterocycles. The molecular weight excluding hydrogens is 265 g/mol. The molecule has 6 nitrogen and oxygen atoms in total. The summed E-state index contributed by atoms with van der Waals surface area (Å²) in [7, 11) is 9.28. The number of aromatic nitrogens is 2. The van der Waals surface area contributed by atoms with E-state index in [4.69, 9.17) is 7.85 Å². The number of carbonyl (C=O) groups excluding carboxylic acids is 1. The molecule has 0 aliphatic carbocycles. The average molecular weight is 281 g/mol. The number of amides is 1. The Labute approximate surface area is 124 Å². The van der Waals surface area contributed by atoms with E-state index in [0.717, 1.165) is 11.2 Å². The van der Waals surface area contributed by atoms with Gasteiger partial charge in [0.05, 0.1) is 12.0 Å². The van der Waals surface area contributed by atoms with Gasteiger partial charge in [-0.1, -0.05) is 6.07 Å². The number of guanidine groups is 1. The van der Waals surface area contributed by atoms with Crippen LogP contribution >= 0.6 is 0 Å². The van der Waals surface area contributed by atoms with Gasteiger partial charge in [0.1, 0.15) is 13.5 Å². The molecule has 0 spiro atoms. The molecule has 0 unspecified atom stereocenters. The van der Waals surface area contributed by atoms with Gasteiger partial charge in [0.25, 0.3) is 0 Å². The molecule has 0 bridgehead atoms. The summed E-state index contributed by atoms with van der Waals surface area (Å²) in [5, 5.41) is 3.33. The second-order valence-electron chi connectivity index (χ2n) is 5.46. The van der Waals surface area contributed by atoms with Crippen LogP contribution in [0.5, 0.6) is 0 Å². The molecule has 1 aliphatic rings. The Morgan fingerprint density at radius 2 is 2.24 bits per heavy atom. The summed E-state index contributed by atoms with van der Waals surface area (Å²) in [5.74, 6) is 0.586. The van der Waals surface area contributed by atoms with Gasteiger partial charge in [0.2, 0.25) is 11.9 Å². The van der Waals surface area contributed by atoms with E-state index in [2.05, 4.69) is 15.3 Å². The van der Waals surface area contributed by atoms with E-state index in [9.17, 15) is 4.79 Å². The molecule has 2 aromatic heterocycles. The molecule has 1 aliphatic heterocycles. The number of hydrogen-bond donors (Lipinski definition) is 1. The Bertz CT molecular complexity index is 753. The molecule has 1 N–H and O–H groups in total. The number of nitrogens with zero attached hydrogens (tertiary/aromatic N) is 4. The third kappa shape index (κ3) is 2.09. The van der Waals surface area contributed by atoms with Gasteiger partial charge in [-0.3, -0.25) is 14.7 Å².